The number of ether oxygens (including phenoxy) is 1. The molecule has 0 bridgehead atoms. The highest BCUT2D eigenvalue weighted by molar-refractivity contribution is 7.64. The van der Waals surface area contributed by atoms with Gasteiger partial charge in [0.25, 0.3) is 5.91 Å². The first kappa shape index (κ1) is 18.6. The van der Waals surface area contributed by atoms with E-state index in [0.717, 1.165) is 5.56 Å². The Morgan fingerprint density at radius 2 is 1.92 bits per heavy atom. The van der Waals surface area contributed by atoms with Gasteiger partial charge in [0.1, 0.15) is 12.4 Å². The third-order valence-electron chi connectivity index (χ3n) is 4.06. The number of amides is 1. The zero-order valence-corrected chi connectivity index (χ0v) is 15.1. The Morgan fingerprint density at radius 3 is 2.62 bits per heavy atom. The minimum atomic E-state index is -3.33. The Labute approximate surface area is 152 Å². The summed E-state index contributed by atoms with van der Waals surface area (Å²) >= 11 is 0. The predicted molar refractivity (Wildman–Crippen MR) is 96.5 cm³/mol. The van der Waals surface area contributed by atoms with Gasteiger partial charge in [0, 0.05) is 6.54 Å². The van der Waals surface area contributed by atoms with Crippen molar-refractivity contribution in [2.45, 2.75) is 13.0 Å². The van der Waals surface area contributed by atoms with E-state index in [-0.39, 0.29) is 6.54 Å². The minimum Gasteiger partial charge on any atom is -0.489 e. The number of nitrogens with one attached hydrogen (secondary N) is 1. The molecule has 2 aromatic carbocycles. The van der Waals surface area contributed by atoms with Crippen molar-refractivity contribution in [2.75, 3.05) is 19.7 Å². The second-order valence-corrected chi connectivity index (χ2v) is 8.28. The number of hydroxylamine groups is 1. The van der Waals surface area contributed by atoms with Crippen molar-refractivity contribution in [3.8, 4) is 5.75 Å². The molecule has 1 atom stereocenters. The lowest BCUT2D eigenvalue weighted by Crippen LogP contribution is -2.40. The number of carbonyl (C=O) groups excluding carboxylic acids is 1. The number of carbonyl (C=O) groups is 1. The normalized spacial score (nSPS) is 20.5. The average molecular weight is 376 g/mol. The van der Waals surface area contributed by atoms with Gasteiger partial charge in [-0.25, -0.2) is 10.2 Å². The number of rotatable bonds is 6. The number of hydrogen-bond donors (Lipinski definition) is 2. The fourth-order valence-electron chi connectivity index (χ4n) is 2.73. The van der Waals surface area contributed by atoms with E-state index in [1.807, 2.05) is 30.3 Å². The molecule has 7 nitrogen and oxygen atoms in total. The molecule has 0 spiro atoms. The molecule has 0 radical (unpaired) electrons. The number of nitrogens with zero attached hydrogens (tertiary/aromatic N) is 1. The van der Waals surface area contributed by atoms with E-state index in [1.54, 1.807) is 29.7 Å². The van der Waals surface area contributed by atoms with Crippen LogP contribution in [0.2, 0.25) is 0 Å². The monoisotopic (exact) mass is 376 g/mol. The van der Waals surface area contributed by atoms with Gasteiger partial charge in [-0.2, -0.15) is 0 Å². The van der Waals surface area contributed by atoms with Crippen molar-refractivity contribution in [3.63, 3.8) is 0 Å². The van der Waals surface area contributed by atoms with Gasteiger partial charge in [-0.15, -0.1) is 0 Å². The maximum atomic E-state index is 13.3. The highest BCUT2D eigenvalue weighted by Gasteiger charge is 2.37. The molecular weight excluding hydrogens is 355 g/mol. The standard InChI is InChI=1S/C18H21N2O5P/c21-18(19-22)13-20-11-4-12-25-26(20,23)17-9-7-16(8-10-17)24-14-15-5-2-1-3-6-15/h1-3,5-10,22H,4,11-14H2,(H,19,21). The summed E-state index contributed by atoms with van der Waals surface area (Å²) in [7, 11) is -3.33. The van der Waals surface area contributed by atoms with Gasteiger partial charge < -0.3 is 9.26 Å². The van der Waals surface area contributed by atoms with Crippen LogP contribution in [0.1, 0.15) is 12.0 Å². The Bertz CT molecular complexity index is 782. The summed E-state index contributed by atoms with van der Waals surface area (Å²) in [6, 6.07) is 16.7. The maximum absolute atomic E-state index is 13.3. The molecule has 0 aromatic heterocycles. The second kappa shape index (κ2) is 8.47. The van der Waals surface area contributed by atoms with Crippen molar-refractivity contribution in [3.05, 3.63) is 60.2 Å². The molecule has 26 heavy (non-hydrogen) atoms. The van der Waals surface area contributed by atoms with Crippen molar-refractivity contribution in [1.29, 1.82) is 0 Å². The third kappa shape index (κ3) is 4.31. The van der Waals surface area contributed by atoms with Crippen LogP contribution in [-0.2, 0) is 20.5 Å². The van der Waals surface area contributed by atoms with E-state index in [4.69, 9.17) is 14.5 Å². The highest BCUT2D eigenvalue weighted by Crippen LogP contribution is 2.51. The van der Waals surface area contributed by atoms with Crippen LogP contribution >= 0.6 is 7.52 Å². The van der Waals surface area contributed by atoms with Gasteiger partial charge in [0.15, 0.2) is 0 Å². The Morgan fingerprint density at radius 1 is 1.19 bits per heavy atom. The number of benzene rings is 2. The number of hydrogen-bond acceptors (Lipinski definition) is 5. The van der Waals surface area contributed by atoms with E-state index in [2.05, 4.69) is 0 Å². The van der Waals surface area contributed by atoms with Crippen LogP contribution in [-0.4, -0.2) is 35.5 Å². The van der Waals surface area contributed by atoms with E-state index in [9.17, 15) is 9.36 Å². The molecule has 0 aliphatic carbocycles. The maximum Gasteiger partial charge on any atom is 0.302 e. The molecule has 3 rings (SSSR count). The molecule has 8 heteroatoms. The first-order valence-corrected chi connectivity index (χ1v) is 9.90. The van der Waals surface area contributed by atoms with Crippen LogP contribution < -0.4 is 15.5 Å². The van der Waals surface area contributed by atoms with Crippen molar-refractivity contribution < 1.29 is 23.8 Å². The van der Waals surface area contributed by atoms with Gasteiger partial charge in [-0.3, -0.25) is 14.6 Å². The Hall–Kier alpha value is -2.18. The average Bonchev–Trinajstić information content (AvgIpc) is 2.69. The molecule has 1 saturated heterocycles. The molecule has 2 N–H and O–H groups in total. The smallest absolute Gasteiger partial charge is 0.302 e. The predicted octanol–water partition coefficient (Wildman–Crippen LogP) is 2.31. The lowest BCUT2D eigenvalue weighted by Gasteiger charge is -2.34. The lowest BCUT2D eigenvalue weighted by molar-refractivity contribution is -0.129. The zero-order valence-electron chi connectivity index (χ0n) is 14.2. The first-order valence-electron chi connectivity index (χ1n) is 8.32. The third-order valence-corrected chi connectivity index (χ3v) is 6.63. The van der Waals surface area contributed by atoms with E-state index in [1.165, 1.54) is 4.67 Å². The van der Waals surface area contributed by atoms with E-state index < -0.39 is 13.4 Å². The summed E-state index contributed by atoms with van der Waals surface area (Å²) in [4.78, 5) is 11.5. The molecule has 1 unspecified atom stereocenters. The van der Waals surface area contributed by atoms with Crippen LogP contribution in [0, 0.1) is 0 Å². The molecule has 138 valence electrons. The van der Waals surface area contributed by atoms with Crippen LogP contribution in [0.25, 0.3) is 0 Å². The van der Waals surface area contributed by atoms with Crippen molar-refractivity contribution in [2.24, 2.45) is 0 Å². The zero-order chi connectivity index (χ0) is 18.4. The van der Waals surface area contributed by atoms with Crippen molar-refractivity contribution in [1.82, 2.24) is 10.2 Å². The van der Waals surface area contributed by atoms with Gasteiger partial charge in [0.05, 0.1) is 18.5 Å². The van der Waals surface area contributed by atoms with Gasteiger partial charge >= 0.3 is 7.52 Å². The molecule has 1 aliphatic rings. The molecular formula is C18H21N2O5P. The van der Waals surface area contributed by atoms with Crippen molar-refractivity contribution >= 4 is 18.7 Å². The van der Waals surface area contributed by atoms with Crippen LogP contribution in [0.5, 0.6) is 5.75 Å². The molecule has 0 saturated carbocycles. The first-order chi connectivity index (χ1) is 12.6. The fourth-order valence-corrected chi connectivity index (χ4v) is 4.99. The molecule has 1 fully saturated rings. The molecule has 1 heterocycles. The quantitative estimate of drug-likeness (QED) is 0.457. The molecule has 1 aliphatic heterocycles. The Kier molecular flexibility index (Phi) is 6.06. The van der Waals surface area contributed by atoms with E-state index >= 15 is 0 Å². The van der Waals surface area contributed by atoms with Crippen LogP contribution in [0.3, 0.4) is 0 Å². The van der Waals surface area contributed by atoms with Gasteiger partial charge in [0.2, 0.25) is 0 Å². The topological polar surface area (TPSA) is 88.1 Å². The van der Waals surface area contributed by atoms with E-state index in [0.29, 0.717) is 37.2 Å². The summed E-state index contributed by atoms with van der Waals surface area (Å²) in [5, 5.41) is 9.22. The summed E-state index contributed by atoms with van der Waals surface area (Å²) in [6.07, 6.45) is 0.668. The Balaban J connectivity index is 1.71. The summed E-state index contributed by atoms with van der Waals surface area (Å²) in [5.74, 6) is 0.0272. The minimum absolute atomic E-state index is 0.194. The second-order valence-electron chi connectivity index (χ2n) is 5.90. The van der Waals surface area contributed by atoms with Gasteiger partial charge in [-0.05, 0) is 36.2 Å². The fraction of sp³-hybridized carbons (Fsp3) is 0.278. The summed E-state index contributed by atoms with van der Waals surface area (Å²) in [5.41, 5.74) is 2.62. The largest absolute Gasteiger partial charge is 0.489 e. The van der Waals surface area contributed by atoms with Crippen LogP contribution in [0.4, 0.5) is 0 Å². The lowest BCUT2D eigenvalue weighted by atomic mass is 10.2. The summed E-state index contributed by atoms with van der Waals surface area (Å²) in [6.45, 7) is 1.06. The highest BCUT2D eigenvalue weighted by atomic mass is 31.2. The molecule has 1 amide bonds. The molecule has 2 aromatic rings. The van der Waals surface area contributed by atoms with Crippen LogP contribution in [0.15, 0.2) is 54.6 Å². The van der Waals surface area contributed by atoms with Gasteiger partial charge in [-0.1, -0.05) is 30.3 Å². The SMILES string of the molecule is O=C(CN1CCCOP1(=O)c1ccc(OCc2ccccc2)cc1)NO. The summed E-state index contributed by atoms with van der Waals surface area (Å²) < 4.78 is 26.1.